The molecule has 1 atom stereocenters. The van der Waals surface area contributed by atoms with Crippen molar-refractivity contribution in [3.8, 4) is 5.75 Å². The monoisotopic (exact) mass is 320 g/mol. The summed E-state index contributed by atoms with van der Waals surface area (Å²) in [6, 6.07) is 7.96. The van der Waals surface area contributed by atoms with Gasteiger partial charge in [0.25, 0.3) is 0 Å². The average molecular weight is 320 g/mol. The van der Waals surface area contributed by atoms with Gasteiger partial charge in [-0.25, -0.2) is 0 Å². The third-order valence-corrected chi connectivity index (χ3v) is 4.18. The van der Waals surface area contributed by atoms with Crippen molar-refractivity contribution in [3.05, 3.63) is 29.8 Å². The Morgan fingerprint density at radius 2 is 1.91 bits per heavy atom. The molecule has 1 aliphatic heterocycles. The van der Waals surface area contributed by atoms with E-state index >= 15 is 0 Å². The summed E-state index contributed by atoms with van der Waals surface area (Å²) in [5.41, 5.74) is 0.884. The van der Waals surface area contributed by atoms with Crippen LogP contribution in [-0.2, 0) is 4.79 Å². The molecule has 0 bridgehead atoms. The molecule has 2 N–H and O–H groups in total. The van der Waals surface area contributed by atoms with Gasteiger partial charge in [0.2, 0.25) is 5.91 Å². The first-order chi connectivity index (χ1) is 11.0. The topological polar surface area (TPSA) is 61.8 Å². The number of ether oxygens (including phenoxy) is 1. The molecule has 1 heterocycles. The standard InChI is InChI=1S/C18H28N2O3/c1-13(2)23-17-6-4-15(5-7-17)18(22)12-19-16-8-10-20(11-9-16)14(3)21/h4-7,13,16,18-19,22H,8-12H2,1-3H3. The minimum Gasteiger partial charge on any atom is -0.491 e. The summed E-state index contributed by atoms with van der Waals surface area (Å²) in [7, 11) is 0. The highest BCUT2D eigenvalue weighted by Gasteiger charge is 2.21. The first-order valence-electron chi connectivity index (χ1n) is 8.39. The smallest absolute Gasteiger partial charge is 0.219 e. The van der Waals surface area contributed by atoms with Crippen LogP contribution >= 0.6 is 0 Å². The number of hydrogen-bond acceptors (Lipinski definition) is 4. The molecule has 1 fully saturated rings. The highest BCUT2D eigenvalue weighted by atomic mass is 16.5. The number of carbonyl (C=O) groups excluding carboxylic acids is 1. The molecule has 0 aromatic heterocycles. The number of nitrogens with one attached hydrogen (secondary N) is 1. The van der Waals surface area contributed by atoms with Crippen LogP contribution in [-0.4, -0.2) is 47.7 Å². The number of aliphatic hydroxyl groups excluding tert-OH is 1. The molecule has 1 aliphatic rings. The van der Waals surface area contributed by atoms with E-state index in [1.54, 1.807) is 6.92 Å². The van der Waals surface area contributed by atoms with Crippen molar-refractivity contribution in [1.82, 2.24) is 10.2 Å². The maximum Gasteiger partial charge on any atom is 0.219 e. The zero-order valence-electron chi connectivity index (χ0n) is 14.3. The number of hydrogen-bond donors (Lipinski definition) is 2. The fraction of sp³-hybridized carbons (Fsp3) is 0.611. The van der Waals surface area contributed by atoms with Crippen LogP contribution in [0.1, 0.15) is 45.3 Å². The lowest BCUT2D eigenvalue weighted by Gasteiger charge is -2.32. The van der Waals surface area contributed by atoms with Gasteiger partial charge in [0, 0.05) is 32.6 Å². The first kappa shape index (κ1) is 17.8. The number of aliphatic hydroxyl groups is 1. The molecule has 1 amide bonds. The van der Waals surface area contributed by atoms with E-state index in [1.807, 2.05) is 43.0 Å². The third-order valence-electron chi connectivity index (χ3n) is 4.18. The van der Waals surface area contributed by atoms with Crippen LogP contribution in [0, 0.1) is 0 Å². The van der Waals surface area contributed by atoms with E-state index in [0.29, 0.717) is 12.6 Å². The zero-order valence-corrected chi connectivity index (χ0v) is 14.3. The minimum atomic E-state index is -0.533. The largest absolute Gasteiger partial charge is 0.491 e. The number of nitrogens with zero attached hydrogens (tertiary/aromatic N) is 1. The van der Waals surface area contributed by atoms with E-state index in [9.17, 15) is 9.90 Å². The Labute approximate surface area is 138 Å². The highest BCUT2D eigenvalue weighted by Crippen LogP contribution is 2.19. The fourth-order valence-electron chi connectivity index (χ4n) is 2.84. The number of carbonyl (C=O) groups is 1. The van der Waals surface area contributed by atoms with Crippen molar-refractivity contribution < 1.29 is 14.6 Å². The molecule has 0 spiro atoms. The molecule has 0 saturated carbocycles. The first-order valence-corrected chi connectivity index (χ1v) is 8.39. The zero-order chi connectivity index (χ0) is 16.8. The molecule has 2 rings (SSSR count). The Morgan fingerprint density at radius 3 is 2.43 bits per heavy atom. The van der Waals surface area contributed by atoms with Gasteiger partial charge in [-0.2, -0.15) is 0 Å². The average Bonchev–Trinajstić information content (AvgIpc) is 2.53. The van der Waals surface area contributed by atoms with Gasteiger partial charge in [-0.1, -0.05) is 12.1 Å². The number of amides is 1. The molecule has 0 radical (unpaired) electrons. The van der Waals surface area contributed by atoms with Crippen molar-refractivity contribution in [2.45, 2.75) is 51.9 Å². The summed E-state index contributed by atoms with van der Waals surface area (Å²) in [6.07, 6.45) is 1.49. The van der Waals surface area contributed by atoms with Gasteiger partial charge in [-0.15, -0.1) is 0 Å². The fourth-order valence-corrected chi connectivity index (χ4v) is 2.84. The van der Waals surface area contributed by atoms with Crippen LogP contribution in [0.25, 0.3) is 0 Å². The van der Waals surface area contributed by atoms with E-state index in [0.717, 1.165) is 37.2 Å². The molecule has 1 aromatic rings. The minimum absolute atomic E-state index is 0.146. The van der Waals surface area contributed by atoms with Crippen LogP contribution in [0.5, 0.6) is 5.75 Å². The van der Waals surface area contributed by atoms with Gasteiger partial charge < -0.3 is 20.1 Å². The molecule has 5 heteroatoms. The molecule has 0 aliphatic carbocycles. The van der Waals surface area contributed by atoms with Crippen molar-refractivity contribution in [2.75, 3.05) is 19.6 Å². The second-order valence-electron chi connectivity index (χ2n) is 6.44. The lowest BCUT2D eigenvalue weighted by molar-refractivity contribution is -0.129. The second kappa shape index (κ2) is 8.31. The summed E-state index contributed by atoms with van der Waals surface area (Å²) >= 11 is 0. The predicted octanol–water partition coefficient (Wildman–Crippen LogP) is 2.11. The van der Waals surface area contributed by atoms with Crippen molar-refractivity contribution in [2.24, 2.45) is 0 Å². The number of likely N-dealkylation sites (tertiary alicyclic amines) is 1. The van der Waals surface area contributed by atoms with Gasteiger partial charge in [-0.3, -0.25) is 4.79 Å². The Hall–Kier alpha value is -1.59. The van der Waals surface area contributed by atoms with Gasteiger partial charge in [-0.05, 0) is 44.4 Å². The maximum absolute atomic E-state index is 11.3. The van der Waals surface area contributed by atoms with Crippen LogP contribution in [0.4, 0.5) is 0 Å². The van der Waals surface area contributed by atoms with Crippen LogP contribution in [0.2, 0.25) is 0 Å². The van der Waals surface area contributed by atoms with E-state index in [-0.39, 0.29) is 12.0 Å². The van der Waals surface area contributed by atoms with Crippen molar-refractivity contribution in [3.63, 3.8) is 0 Å². The van der Waals surface area contributed by atoms with E-state index in [1.165, 1.54) is 0 Å². The number of rotatable bonds is 6. The summed E-state index contributed by atoms with van der Waals surface area (Å²) in [5, 5.41) is 13.7. The van der Waals surface area contributed by atoms with E-state index in [2.05, 4.69) is 5.32 Å². The van der Waals surface area contributed by atoms with Gasteiger partial charge in [0.1, 0.15) is 5.75 Å². The number of benzene rings is 1. The second-order valence-corrected chi connectivity index (χ2v) is 6.44. The van der Waals surface area contributed by atoms with E-state index in [4.69, 9.17) is 4.74 Å². The molecular formula is C18H28N2O3. The van der Waals surface area contributed by atoms with Gasteiger partial charge >= 0.3 is 0 Å². The SMILES string of the molecule is CC(=O)N1CCC(NCC(O)c2ccc(OC(C)C)cc2)CC1. The molecule has 1 saturated heterocycles. The maximum atomic E-state index is 11.3. The Bertz CT molecular complexity index is 493. The Balaban J connectivity index is 1.76. The van der Waals surface area contributed by atoms with E-state index < -0.39 is 6.10 Å². The molecule has 128 valence electrons. The number of piperidine rings is 1. The molecular weight excluding hydrogens is 292 g/mol. The van der Waals surface area contributed by atoms with Crippen LogP contribution < -0.4 is 10.1 Å². The summed E-state index contributed by atoms with van der Waals surface area (Å²) in [4.78, 5) is 13.2. The predicted molar refractivity (Wildman–Crippen MR) is 90.4 cm³/mol. The van der Waals surface area contributed by atoms with Gasteiger partial charge in [0.15, 0.2) is 0 Å². The van der Waals surface area contributed by atoms with Crippen LogP contribution in [0.15, 0.2) is 24.3 Å². The lowest BCUT2D eigenvalue weighted by Crippen LogP contribution is -2.45. The summed E-state index contributed by atoms with van der Waals surface area (Å²) < 4.78 is 5.60. The molecule has 1 aromatic carbocycles. The summed E-state index contributed by atoms with van der Waals surface area (Å²) in [6.45, 7) is 7.71. The Morgan fingerprint density at radius 1 is 1.30 bits per heavy atom. The van der Waals surface area contributed by atoms with Gasteiger partial charge in [0.05, 0.1) is 12.2 Å². The lowest BCUT2D eigenvalue weighted by atomic mass is 10.0. The van der Waals surface area contributed by atoms with Crippen molar-refractivity contribution in [1.29, 1.82) is 0 Å². The quantitative estimate of drug-likeness (QED) is 0.843. The summed E-state index contributed by atoms with van der Waals surface area (Å²) in [5.74, 6) is 0.965. The molecule has 1 unspecified atom stereocenters. The Kier molecular flexibility index (Phi) is 6.42. The highest BCUT2D eigenvalue weighted by molar-refractivity contribution is 5.73. The van der Waals surface area contributed by atoms with Crippen LogP contribution in [0.3, 0.4) is 0 Å². The molecule has 23 heavy (non-hydrogen) atoms. The normalized spacial score (nSPS) is 17.3. The third kappa shape index (κ3) is 5.52. The molecule has 5 nitrogen and oxygen atoms in total. The van der Waals surface area contributed by atoms with Crippen molar-refractivity contribution >= 4 is 5.91 Å².